The molecule has 2 N–H and O–H groups in total. The molecule has 0 aliphatic heterocycles. The molecule has 36 heavy (non-hydrogen) atoms. The zero-order valence-corrected chi connectivity index (χ0v) is 22.2. The van der Waals surface area contributed by atoms with Gasteiger partial charge in [0.15, 0.2) is 0 Å². The molecule has 2 aromatic rings. The van der Waals surface area contributed by atoms with Crippen molar-refractivity contribution in [1.29, 1.82) is 0 Å². The van der Waals surface area contributed by atoms with Gasteiger partial charge in [0.05, 0.1) is 11.4 Å². The summed E-state index contributed by atoms with van der Waals surface area (Å²) in [6, 6.07) is 13.1. The Morgan fingerprint density at radius 1 is 1.11 bits per heavy atom. The molecule has 0 heterocycles. The van der Waals surface area contributed by atoms with Gasteiger partial charge in [-0.15, -0.1) is 0 Å². The largest absolute Gasteiger partial charge is 0.486 e. The van der Waals surface area contributed by atoms with Crippen LogP contribution in [0.4, 0.5) is 0 Å². The maximum atomic E-state index is 12.3. The van der Waals surface area contributed by atoms with Crippen LogP contribution in [0, 0.1) is 17.8 Å². The monoisotopic (exact) mass is 509 g/mol. The molecule has 1 aliphatic carbocycles. The molecule has 5 nitrogen and oxygen atoms in total. The van der Waals surface area contributed by atoms with Crippen LogP contribution in [0.2, 0.25) is 5.02 Å². The van der Waals surface area contributed by atoms with Gasteiger partial charge in [-0.2, -0.15) is 0 Å². The van der Waals surface area contributed by atoms with Crippen LogP contribution in [-0.4, -0.2) is 23.5 Å². The van der Waals surface area contributed by atoms with Crippen molar-refractivity contribution < 1.29 is 19.4 Å². The first-order valence-electron chi connectivity index (χ1n) is 12.6. The maximum Gasteiger partial charge on any atom is 0.305 e. The molecule has 1 aliphatic rings. The SMILES string of the molecule is CC(C)CC(Oc1ccc(C2=CCC(C(C)C)C=C2)c(Cl)c1)c1ccc(C(=O)NCCC(=O)O)cc1. The van der Waals surface area contributed by atoms with Gasteiger partial charge in [0.2, 0.25) is 0 Å². The van der Waals surface area contributed by atoms with Gasteiger partial charge in [0, 0.05) is 17.7 Å². The number of amides is 1. The lowest BCUT2D eigenvalue weighted by molar-refractivity contribution is -0.136. The van der Waals surface area contributed by atoms with E-state index >= 15 is 0 Å². The Kier molecular flexibility index (Phi) is 9.77. The van der Waals surface area contributed by atoms with Gasteiger partial charge >= 0.3 is 5.97 Å². The standard InChI is InChI=1S/C30H36ClNO4/c1-19(2)17-28(23-9-11-24(12-10-23)30(35)32-16-15-29(33)34)36-25-13-14-26(27(31)18-25)22-7-5-21(6-8-22)20(3)4/h5,7-14,18-21,28H,6,15-17H2,1-4H3,(H,32,35)(H,33,34). The Hall–Kier alpha value is -3.05. The third-order valence-corrected chi connectivity index (χ3v) is 6.69. The van der Waals surface area contributed by atoms with Crippen LogP contribution in [0.1, 0.15) is 74.5 Å². The summed E-state index contributed by atoms with van der Waals surface area (Å²) in [6.45, 7) is 8.86. The van der Waals surface area contributed by atoms with Crippen molar-refractivity contribution in [1.82, 2.24) is 5.32 Å². The summed E-state index contributed by atoms with van der Waals surface area (Å²) in [5, 5.41) is 12.0. The van der Waals surface area contributed by atoms with Gasteiger partial charge in [-0.05, 0) is 72.1 Å². The molecule has 3 rings (SSSR count). The van der Waals surface area contributed by atoms with Crippen molar-refractivity contribution >= 4 is 29.1 Å². The molecule has 0 fully saturated rings. The molecule has 0 aromatic heterocycles. The normalized spacial score (nSPS) is 16.1. The van der Waals surface area contributed by atoms with Gasteiger partial charge in [0.25, 0.3) is 5.91 Å². The number of carboxylic acids is 1. The Morgan fingerprint density at radius 2 is 1.83 bits per heavy atom. The Morgan fingerprint density at radius 3 is 2.39 bits per heavy atom. The second-order valence-corrected chi connectivity index (χ2v) is 10.5. The Balaban J connectivity index is 1.71. The number of hydrogen-bond acceptors (Lipinski definition) is 3. The number of allylic oxidation sites excluding steroid dienone is 4. The second kappa shape index (κ2) is 12.8. The summed E-state index contributed by atoms with van der Waals surface area (Å²) in [5.41, 5.74) is 3.58. The van der Waals surface area contributed by atoms with E-state index in [2.05, 4.69) is 51.2 Å². The number of hydrogen-bond donors (Lipinski definition) is 2. The van der Waals surface area contributed by atoms with E-state index in [-0.39, 0.29) is 25.0 Å². The number of rotatable bonds is 11. The number of carbonyl (C=O) groups is 2. The lowest BCUT2D eigenvalue weighted by Crippen LogP contribution is -2.26. The summed E-state index contributed by atoms with van der Waals surface area (Å²) in [6.07, 6.45) is 8.20. The summed E-state index contributed by atoms with van der Waals surface area (Å²) >= 11 is 6.68. The molecule has 0 saturated carbocycles. The van der Waals surface area contributed by atoms with Crippen LogP contribution in [0.5, 0.6) is 5.75 Å². The van der Waals surface area contributed by atoms with Crippen molar-refractivity contribution in [2.75, 3.05) is 6.54 Å². The minimum absolute atomic E-state index is 0.0940. The van der Waals surface area contributed by atoms with E-state index < -0.39 is 5.97 Å². The fourth-order valence-electron chi connectivity index (χ4n) is 4.21. The Labute approximate surface area is 219 Å². The van der Waals surface area contributed by atoms with E-state index in [4.69, 9.17) is 21.4 Å². The van der Waals surface area contributed by atoms with E-state index in [0.29, 0.717) is 34.1 Å². The molecular formula is C30H36ClNO4. The minimum Gasteiger partial charge on any atom is -0.486 e. The molecule has 2 aromatic carbocycles. The van der Waals surface area contributed by atoms with Crippen molar-refractivity contribution in [2.24, 2.45) is 17.8 Å². The third-order valence-electron chi connectivity index (χ3n) is 6.37. The first-order valence-corrected chi connectivity index (χ1v) is 13.0. The third kappa shape index (κ3) is 7.72. The Bertz CT molecular complexity index is 1120. The van der Waals surface area contributed by atoms with Gasteiger partial charge in [0.1, 0.15) is 11.9 Å². The van der Waals surface area contributed by atoms with Gasteiger partial charge < -0.3 is 15.2 Å². The smallest absolute Gasteiger partial charge is 0.305 e. The molecule has 0 saturated heterocycles. The van der Waals surface area contributed by atoms with Crippen LogP contribution in [0.15, 0.2) is 60.7 Å². The average molecular weight is 510 g/mol. The molecular weight excluding hydrogens is 474 g/mol. The number of carbonyl (C=O) groups excluding carboxylic acids is 1. The first-order chi connectivity index (χ1) is 17.1. The number of nitrogens with one attached hydrogen (secondary N) is 1. The predicted octanol–water partition coefficient (Wildman–Crippen LogP) is 7.33. The number of halogens is 1. The molecule has 0 bridgehead atoms. The first kappa shape index (κ1) is 27.5. The van der Waals surface area contributed by atoms with Crippen LogP contribution in [0.25, 0.3) is 5.57 Å². The lowest BCUT2D eigenvalue weighted by Gasteiger charge is -2.23. The van der Waals surface area contributed by atoms with Gasteiger partial charge in [-0.3, -0.25) is 9.59 Å². The van der Waals surface area contributed by atoms with Crippen molar-refractivity contribution in [3.8, 4) is 5.75 Å². The molecule has 0 radical (unpaired) electrons. The van der Waals surface area contributed by atoms with Crippen LogP contribution in [0.3, 0.4) is 0 Å². The summed E-state index contributed by atoms with van der Waals surface area (Å²) in [5.74, 6) is 1.04. The van der Waals surface area contributed by atoms with Crippen LogP contribution in [-0.2, 0) is 4.79 Å². The average Bonchev–Trinajstić information content (AvgIpc) is 2.83. The van der Waals surface area contributed by atoms with Crippen molar-refractivity contribution in [3.63, 3.8) is 0 Å². The van der Waals surface area contributed by atoms with Gasteiger partial charge in [-0.25, -0.2) is 0 Å². The van der Waals surface area contributed by atoms with Crippen LogP contribution < -0.4 is 10.1 Å². The molecule has 192 valence electrons. The zero-order chi connectivity index (χ0) is 26.2. The fourth-order valence-corrected chi connectivity index (χ4v) is 4.49. The number of benzene rings is 2. The second-order valence-electron chi connectivity index (χ2n) is 10.1. The van der Waals surface area contributed by atoms with E-state index in [1.54, 1.807) is 12.1 Å². The summed E-state index contributed by atoms with van der Waals surface area (Å²) in [7, 11) is 0. The van der Waals surface area contributed by atoms with Crippen molar-refractivity contribution in [2.45, 2.75) is 53.1 Å². The molecule has 2 unspecified atom stereocenters. The molecule has 6 heteroatoms. The summed E-state index contributed by atoms with van der Waals surface area (Å²) in [4.78, 5) is 22.9. The molecule has 1 amide bonds. The predicted molar refractivity (Wildman–Crippen MR) is 145 cm³/mol. The zero-order valence-electron chi connectivity index (χ0n) is 21.5. The maximum absolute atomic E-state index is 12.3. The highest BCUT2D eigenvalue weighted by Crippen LogP contribution is 2.35. The topological polar surface area (TPSA) is 75.6 Å². The highest BCUT2D eigenvalue weighted by Gasteiger charge is 2.19. The lowest BCUT2D eigenvalue weighted by atomic mass is 9.86. The quantitative estimate of drug-likeness (QED) is 0.332. The minimum atomic E-state index is -0.945. The van der Waals surface area contributed by atoms with Gasteiger partial charge in [-0.1, -0.05) is 69.7 Å². The number of carboxylic acid groups (broad SMARTS) is 1. The highest BCUT2D eigenvalue weighted by atomic mass is 35.5. The number of aliphatic carboxylic acids is 1. The fraction of sp³-hybridized carbons (Fsp3) is 0.400. The molecule has 0 spiro atoms. The number of ether oxygens (including phenoxy) is 1. The highest BCUT2D eigenvalue weighted by molar-refractivity contribution is 6.32. The summed E-state index contributed by atoms with van der Waals surface area (Å²) < 4.78 is 6.39. The molecule has 2 atom stereocenters. The van der Waals surface area contributed by atoms with E-state index in [0.717, 1.165) is 29.5 Å². The van der Waals surface area contributed by atoms with E-state index in [1.165, 1.54) is 0 Å². The van der Waals surface area contributed by atoms with Crippen molar-refractivity contribution in [3.05, 3.63) is 82.4 Å². The van der Waals surface area contributed by atoms with Crippen LogP contribution >= 0.6 is 11.6 Å². The van der Waals surface area contributed by atoms with E-state index in [1.807, 2.05) is 30.3 Å². The van der Waals surface area contributed by atoms with E-state index in [9.17, 15) is 9.59 Å².